The molecule has 1 nitrogen and oxygen atoms in total. The smallest absolute Gasteiger partial charge is 0.0568 e. The van der Waals surface area contributed by atoms with Gasteiger partial charge in [-0.25, -0.2) is 0 Å². The van der Waals surface area contributed by atoms with E-state index in [0.717, 1.165) is 12.3 Å². The monoisotopic (exact) mass is 238 g/mol. The van der Waals surface area contributed by atoms with Crippen LogP contribution < -0.4 is 0 Å². The highest BCUT2D eigenvalue weighted by Gasteiger charge is 2.22. The first-order valence-corrected chi connectivity index (χ1v) is 8.04. The normalized spacial score (nSPS) is 26.6. The van der Waals surface area contributed by atoms with Crippen LogP contribution in [0.4, 0.5) is 0 Å². The average Bonchev–Trinajstić information content (AvgIpc) is 2.78. The quantitative estimate of drug-likeness (QED) is 0.754. The highest BCUT2D eigenvalue weighted by Crippen LogP contribution is 2.32. The summed E-state index contributed by atoms with van der Waals surface area (Å²) in [7, 11) is 0. The molecule has 0 aromatic rings. The van der Waals surface area contributed by atoms with Crippen molar-refractivity contribution in [1.29, 1.82) is 0 Å². The van der Waals surface area contributed by atoms with Crippen molar-refractivity contribution in [1.82, 2.24) is 0 Å². The van der Waals surface area contributed by atoms with Gasteiger partial charge in [-0.1, -0.05) is 57.8 Å². The predicted octanol–water partition coefficient (Wildman–Crippen LogP) is 4.68. The molecule has 0 spiro atoms. The van der Waals surface area contributed by atoms with Crippen molar-refractivity contribution < 1.29 is 5.11 Å². The Hall–Kier alpha value is -0.0400. The van der Waals surface area contributed by atoms with E-state index in [0.29, 0.717) is 5.92 Å². The van der Waals surface area contributed by atoms with Gasteiger partial charge in [0.2, 0.25) is 0 Å². The fourth-order valence-electron chi connectivity index (χ4n) is 3.81. The molecular formula is C16H30O. The Balaban J connectivity index is 1.67. The fourth-order valence-corrected chi connectivity index (χ4v) is 3.81. The maximum atomic E-state index is 10.4. The number of aliphatic hydroxyl groups is 1. The van der Waals surface area contributed by atoms with E-state index >= 15 is 0 Å². The summed E-state index contributed by atoms with van der Waals surface area (Å²) in [6.45, 7) is 0. The van der Waals surface area contributed by atoms with Crippen molar-refractivity contribution in [2.75, 3.05) is 0 Å². The van der Waals surface area contributed by atoms with Crippen LogP contribution in [-0.4, -0.2) is 11.2 Å². The van der Waals surface area contributed by atoms with E-state index in [1.165, 1.54) is 77.0 Å². The van der Waals surface area contributed by atoms with Crippen molar-refractivity contribution in [3.8, 4) is 0 Å². The fraction of sp³-hybridized carbons (Fsp3) is 1.00. The van der Waals surface area contributed by atoms with Crippen LogP contribution >= 0.6 is 0 Å². The molecule has 2 aliphatic rings. The van der Waals surface area contributed by atoms with Crippen molar-refractivity contribution in [2.24, 2.45) is 11.8 Å². The van der Waals surface area contributed by atoms with Crippen molar-refractivity contribution >= 4 is 0 Å². The lowest BCUT2D eigenvalue weighted by atomic mass is 9.84. The molecule has 2 rings (SSSR count). The first-order chi connectivity index (χ1) is 8.36. The lowest BCUT2D eigenvalue weighted by Crippen LogP contribution is -2.22. The molecule has 0 bridgehead atoms. The van der Waals surface area contributed by atoms with Gasteiger partial charge in [-0.3, -0.25) is 0 Å². The van der Waals surface area contributed by atoms with Gasteiger partial charge in [0.1, 0.15) is 0 Å². The minimum absolute atomic E-state index is 0.00806. The van der Waals surface area contributed by atoms with Crippen LogP contribution in [0.2, 0.25) is 0 Å². The molecule has 1 N–H and O–H groups in total. The minimum Gasteiger partial charge on any atom is -0.393 e. The second-order valence-corrected chi connectivity index (χ2v) is 6.40. The molecule has 1 atom stereocenters. The van der Waals surface area contributed by atoms with Gasteiger partial charge in [0.15, 0.2) is 0 Å². The molecule has 0 radical (unpaired) electrons. The Morgan fingerprint density at radius 1 is 0.765 bits per heavy atom. The van der Waals surface area contributed by atoms with Crippen LogP contribution in [-0.2, 0) is 0 Å². The van der Waals surface area contributed by atoms with Gasteiger partial charge < -0.3 is 5.11 Å². The second-order valence-electron chi connectivity index (χ2n) is 6.40. The standard InChI is InChI=1S/C16H30O/c17-16(13-12-14-8-6-7-9-14)15-10-4-2-1-3-5-11-15/h14-17H,1-13H2. The van der Waals surface area contributed by atoms with Gasteiger partial charge in [0.05, 0.1) is 6.10 Å². The lowest BCUT2D eigenvalue weighted by Gasteiger charge is -2.25. The van der Waals surface area contributed by atoms with E-state index in [9.17, 15) is 5.11 Å². The SMILES string of the molecule is OC(CCC1CCCC1)C1CCCCCCC1. The Bertz CT molecular complexity index is 188. The second kappa shape index (κ2) is 7.41. The van der Waals surface area contributed by atoms with E-state index in [1.54, 1.807) is 0 Å². The van der Waals surface area contributed by atoms with Gasteiger partial charge >= 0.3 is 0 Å². The molecule has 100 valence electrons. The topological polar surface area (TPSA) is 20.2 Å². The maximum absolute atomic E-state index is 10.4. The molecule has 2 saturated carbocycles. The molecule has 0 heterocycles. The molecule has 0 aliphatic heterocycles. The zero-order valence-corrected chi connectivity index (χ0v) is 11.4. The van der Waals surface area contributed by atoms with Crippen LogP contribution in [0.1, 0.15) is 83.5 Å². The maximum Gasteiger partial charge on any atom is 0.0568 e. The van der Waals surface area contributed by atoms with Gasteiger partial charge in [0, 0.05) is 0 Å². The highest BCUT2D eigenvalue weighted by atomic mass is 16.3. The lowest BCUT2D eigenvalue weighted by molar-refractivity contribution is 0.0770. The Labute approximate surface area is 107 Å². The van der Waals surface area contributed by atoms with Gasteiger partial charge in [-0.2, -0.15) is 0 Å². The zero-order valence-electron chi connectivity index (χ0n) is 11.4. The Morgan fingerprint density at radius 2 is 1.29 bits per heavy atom. The zero-order chi connectivity index (χ0) is 11.9. The summed E-state index contributed by atoms with van der Waals surface area (Å²) in [5.74, 6) is 1.56. The van der Waals surface area contributed by atoms with Gasteiger partial charge in [-0.05, 0) is 37.5 Å². The molecule has 1 unspecified atom stereocenters. The average molecular weight is 238 g/mol. The largest absolute Gasteiger partial charge is 0.393 e. The molecular weight excluding hydrogens is 208 g/mol. The molecule has 0 aromatic heterocycles. The minimum atomic E-state index is 0.00806. The third kappa shape index (κ3) is 4.62. The first kappa shape index (κ1) is 13.4. The third-order valence-corrected chi connectivity index (χ3v) is 5.04. The van der Waals surface area contributed by atoms with Crippen LogP contribution in [0, 0.1) is 11.8 Å². The molecule has 0 saturated heterocycles. The number of hydrogen-bond donors (Lipinski definition) is 1. The molecule has 2 aliphatic carbocycles. The number of hydrogen-bond acceptors (Lipinski definition) is 1. The van der Waals surface area contributed by atoms with E-state index in [-0.39, 0.29) is 6.10 Å². The number of aliphatic hydroxyl groups excluding tert-OH is 1. The molecule has 2 fully saturated rings. The predicted molar refractivity (Wildman–Crippen MR) is 73.0 cm³/mol. The molecule has 1 heteroatoms. The summed E-state index contributed by atoms with van der Waals surface area (Å²) in [6.07, 6.45) is 17.6. The summed E-state index contributed by atoms with van der Waals surface area (Å²) < 4.78 is 0. The highest BCUT2D eigenvalue weighted by molar-refractivity contribution is 4.74. The van der Waals surface area contributed by atoms with Crippen molar-refractivity contribution in [2.45, 2.75) is 89.6 Å². The molecule has 17 heavy (non-hydrogen) atoms. The van der Waals surface area contributed by atoms with E-state index in [4.69, 9.17) is 0 Å². The van der Waals surface area contributed by atoms with Gasteiger partial charge in [0.25, 0.3) is 0 Å². The third-order valence-electron chi connectivity index (χ3n) is 5.04. The van der Waals surface area contributed by atoms with Gasteiger partial charge in [-0.15, -0.1) is 0 Å². The summed E-state index contributed by atoms with van der Waals surface area (Å²) in [6, 6.07) is 0. The molecule has 0 aromatic carbocycles. The van der Waals surface area contributed by atoms with Crippen LogP contribution in [0.15, 0.2) is 0 Å². The van der Waals surface area contributed by atoms with Crippen molar-refractivity contribution in [3.05, 3.63) is 0 Å². The van der Waals surface area contributed by atoms with Crippen LogP contribution in [0.3, 0.4) is 0 Å². The van der Waals surface area contributed by atoms with Crippen LogP contribution in [0.25, 0.3) is 0 Å². The van der Waals surface area contributed by atoms with E-state index in [1.807, 2.05) is 0 Å². The number of rotatable bonds is 4. The summed E-state index contributed by atoms with van der Waals surface area (Å²) in [5.41, 5.74) is 0. The van der Waals surface area contributed by atoms with Crippen LogP contribution in [0.5, 0.6) is 0 Å². The Kier molecular flexibility index (Phi) is 5.84. The summed E-state index contributed by atoms with van der Waals surface area (Å²) >= 11 is 0. The van der Waals surface area contributed by atoms with E-state index < -0.39 is 0 Å². The summed E-state index contributed by atoms with van der Waals surface area (Å²) in [4.78, 5) is 0. The molecule has 0 amide bonds. The van der Waals surface area contributed by atoms with E-state index in [2.05, 4.69) is 0 Å². The summed E-state index contributed by atoms with van der Waals surface area (Å²) in [5, 5.41) is 10.4. The van der Waals surface area contributed by atoms with Crippen molar-refractivity contribution in [3.63, 3.8) is 0 Å². The Morgan fingerprint density at radius 3 is 1.94 bits per heavy atom. The first-order valence-electron chi connectivity index (χ1n) is 8.04.